The fourth-order valence-corrected chi connectivity index (χ4v) is 5.98. The molecule has 0 amide bonds. The van der Waals surface area contributed by atoms with Gasteiger partial charge < -0.3 is 9.84 Å². The van der Waals surface area contributed by atoms with Crippen molar-refractivity contribution in [3.63, 3.8) is 0 Å². The van der Waals surface area contributed by atoms with Gasteiger partial charge in [0.2, 0.25) is 0 Å². The lowest BCUT2D eigenvalue weighted by atomic mass is 9.67. The van der Waals surface area contributed by atoms with Crippen molar-refractivity contribution in [2.45, 2.75) is 38.9 Å². The van der Waals surface area contributed by atoms with Gasteiger partial charge in [-0.3, -0.25) is 4.79 Å². The van der Waals surface area contributed by atoms with Crippen LogP contribution in [0.1, 0.15) is 33.7 Å². The van der Waals surface area contributed by atoms with Crippen molar-refractivity contribution in [3.8, 4) is 6.07 Å². The Labute approximate surface area is 178 Å². The standard InChI is InChI=1S/C25H21F2NO3/c1-10-6-11(2)17(12(3)7-10)19-22(29)20-21(23(19)30)25-18(14(9-28)24(20)31-25)13-4-5-15(26)16(27)8-13/h4-8,14,18,20-21,24-25,29H,1-3H3/t14?,18-,20+,21-,24+,25?/m1/s1. The minimum Gasteiger partial charge on any atom is -0.511 e. The second-order valence-electron chi connectivity index (χ2n) is 8.87. The number of ether oxygens (including phenoxy) is 1. The molecule has 0 saturated carbocycles. The zero-order valence-electron chi connectivity index (χ0n) is 17.3. The van der Waals surface area contributed by atoms with Crippen LogP contribution in [0, 0.1) is 61.5 Å². The summed E-state index contributed by atoms with van der Waals surface area (Å²) in [7, 11) is 0. The van der Waals surface area contributed by atoms with Crippen molar-refractivity contribution < 1.29 is 23.4 Å². The topological polar surface area (TPSA) is 70.3 Å². The Balaban J connectivity index is 1.60. The molecule has 1 N–H and O–H groups in total. The molecule has 31 heavy (non-hydrogen) atoms. The van der Waals surface area contributed by atoms with Crippen molar-refractivity contribution in [1.29, 1.82) is 5.26 Å². The first-order valence-corrected chi connectivity index (χ1v) is 10.3. The lowest BCUT2D eigenvalue weighted by molar-refractivity contribution is -0.119. The van der Waals surface area contributed by atoms with Gasteiger partial charge in [0.25, 0.3) is 0 Å². The smallest absolute Gasteiger partial charge is 0.173 e. The Morgan fingerprint density at radius 1 is 0.968 bits per heavy atom. The summed E-state index contributed by atoms with van der Waals surface area (Å²) < 4.78 is 33.4. The van der Waals surface area contributed by atoms with Crippen LogP contribution < -0.4 is 0 Å². The zero-order valence-corrected chi connectivity index (χ0v) is 17.3. The maximum atomic E-state index is 13.9. The van der Waals surface area contributed by atoms with Crippen molar-refractivity contribution >= 4 is 11.4 Å². The van der Waals surface area contributed by atoms with Crippen LogP contribution in [0.4, 0.5) is 8.78 Å². The molecule has 2 unspecified atom stereocenters. The van der Waals surface area contributed by atoms with E-state index in [2.05, 4.69) is 6.07 Å². The molecule has 4 nitrogen and oxygen atoms in total. The molecule has 6 atom stereocenters. The maximum Gasteiger partial charge on any atom is 0.173 e. The van der Waals surface area contributed by atoms with Gasteiger partial charge in [0.1, 0.15) is 5.76 Å². The number of halogens is 2. The van der Waals surface area contributed by atoms with Crippen LogP contribution in [0.2, 0.25) is 0 Å². The second kappa shape index (κ2) is 6.73. The predicted octanol–water partition coefficient (Wildman–Crippen LogP) is 4.68. The van der Waals surface area contributed by atoms with Crippen molar-refractivity contribution in [2.75, 3.05) is 0 Å². The molecule has 2 bridgehead atoms. The Morgan fingerprint density at radius 2 is 1.65 bits per heavy atom. The van der Waals surface area contributed by atoms with E-state index in [1.54, 1.807) is 0 Å². The van der Waals surface area contributed by atoms with Gasteiger partial charge in [0.05, 0.1) is 41.6 Å². The van der Waals surface area contributed by atoms with Crippen LogP contribution in [0.15, 0.2) is 36.1 Å². The first-order valence-electron chi connectivity index (χ1n) is 10.3. The number of carbonyl (C=O) groups excluding carboxylic acids is 1. The van der Waals surface area contributed by atoms with E-state index in [4.69, 9.17) is 4.74 Å². The SMILES string of the molecule is Cc1cc(C)c(C2=C(O)[C@@H]3[C@H](C2=O)C2O[C@H]3C(C#N)[C@H]2c2ccc(F)c(F)c2)c(C)c1. The van der Waals surface area contributed by atoms with Crippen molar-refractivity contribution in [2.24, 2.45) is 17.8 Å². The van der Waals surface area contributed by atoms with Gasteiger partial charge in [-0.15, -0.1) is 0 Å². The number of benzene rings is 2. The van der Waals surface area contributed by atoms with Crippen LogP contribution in [0.25, 0.3) is 5.57 Å². The summed E-state index contributed by atoms with van der Waals surface area (Å²) in [5, 5.41) is 21.0. The lowest BCUT2D eigenvalue weighted by Gasteiger charge is -2.31. The minimum absolute atomic E-state index is 0.0264. The summed E-state index contributed by atoms with van der Waals surface area (Å²) >= 11 is 0. The number of carbonyl (C=O) groups is 1. The van der Waals surface area contributed by atoms with E-state index in [-0.39, 0.29) is 11.5 Å². The first kappa shape index (κ1) is 19.9. The van der Waals surface area contributed by atoms with E-state index in [9.17, 15) is 23.9 Å². The molecule has 1 aliphatic carbocycles. The average Bonchev–Trinajstić information content (AvgIpc) is 3.34. The number of allylic oxidation sites excluding steroid dienone is 1. The third-order valence-corrected chi connectivity index (χ3v) is 7.03. The van der Waals surface area contributed by atoms with E-state index < -0.39 is 47.5 Å². The van der Waals surface area contributed by atoms with Gasteiger partial charge in [-0.1, -0.05) is 23.8 Å². The zero-order chi connectivity index (χ0) is 22.2. The summed E-state index contributed by atoms with van der Waals surface area (Å²) in [6.07, 6.45) is -1.35. The van der Waals surface area contributed by atoms with Gasteiger partial charge in [0.15, 0.2) is 17.4 Å². The summed E-state index contributed by atoms with van der Waals surface area (Å²) in [6, 6.07) is 9.70. The molecule has 2 aromatic carbocycles. The number of ketones is 1. The van der Waals surface area contributed by atoms with Crippen LogP contribution >= 0.6 is 0 Å². The molecule has 2 aromatic rings. The van der Waals surface area contributed by atoms with E-state index in [1.807, 2.05) is 32.9 Å². The van der Waals surface area contributed by atoms with E-state index >= 15 is 0 Å². The quantitative estimate of drug-likeness (QED) is 0.765. The van der Waals surface area contributed by atoms with Crippen LogP contribution in [-0.4, -0.2) is 23.1 Å². The van der Waals surface area contributed by atoms with Crippen molar-refractivity contribution in [3.05, 3.63) is 75.5 Å². The molecule has 2 fully saturated rings. The summed E-state index contributed by atoms with van der Waals surface area (Å²) in [6.45, 7) is 5.79. The normalized spacial score (nSPS) is 31.3. The molecule has 2 saturated heterocycles. The highest BCUT2D eigenvalue weighted by Gasteiger charge is 2.66. The third kappa shape index (κ3) is 2.63. The molecule has 0 aromatic heterocycles. The largest absolute Gasteiger partial charge is 0.511 e. The second-order valence-corrected chi connectivity index (χ2v) is 8.87. The van der Waals surface area contributed by atoms with Gasteiger partial charge in [-0.05, 0) is 55.2 Å². The Bertz CT molecular complexity index is 1190. The molecular formula is C25H21F2NO3. The number of hydrogen-bond donors (Lipinski definition) is 1. The highest BCUT2D eigenvalue weighted by atomic mass is 19.2. The number of aliphatic hydroxyl groups is 1. The highest BCUT2D eigenvalue weighted by Crippen LogP contribution is 2.60. The Kier molecular flexibility index (Phi) is 4.32. The molecule has 5 rings (SSSR count). The predicted molar refractivity (Wildman–Crippen MR) is 109 cm³/mol. The summed E-state index contributed by atoms with van der Waals surface area (Å²) in [5.41, 5.74) is 4.31. The highest BCUT2D eigenvalue weighted by molar-refractivity contribution is 6.26. The molecule has 2 heterocycles. The van der Waals surface area contributed by atoms with E-state index in [0.29, 0.717) is 11.1 Å². The van der Waals surface area contributed by atoms with Crippen LogP contribution in [0.3, 0.4) is 0 Å². The minimum atomic E-state index is -1.00. The number of aryl methyl sites for hydroxylation is 3. The molecular weight excluding hydrogens is 400 g/mol. The molecule has 0 spiro atoms. The molecule has 6 heteroatoms. The number of aliphatic hydroxyl groups excluding tert-OH is 1. The molecule has 0 radical (unpaired) electrons. The molecule has 3 aliphatic rings. The van der Waals surface area contributed by atoms with E-state index in [1.165, 1.54) is 6.07 Å². The van der Waals surface area contributed by atoms with Gasteiger partial charge in [0, 0.05) is 5.92 Å². The first-order chi connectivity index (χ1) is 14.7. The lowest BCUT2D eigenvalue weighted by Crippen LogP contribution is -2.39. The van der Waals surface area contributed by atoms with Gasteiger partial charge in [-0.25, -0.2) is 8.78 Å². The third-order valence-electron chi connectivity index (χ3n) is 7.03. The maximum absolute atomic E-state index is 13.9. The van der Waals surface area contributed by atoms with Crippen LogP contribution in [0.5, 0.6) is 0 Å². The fraction of sp³-hybridized carbons (Fsp3) is 0.360. The number of hydrogen-bond acceptors (Lipinski definition) is 4. The van der Waals surface area contributed by atoms with Gasteiger partial charge in [-0.2, -0.15) is 5.26 Å². The average molecular weight is 421 g/mol. The number of nitriles is 1. The molecule has 2 aliphatic heterocycles. The van der Waals surface area contributed by atoms with Crippen LogP contribution in [-0.2, 0) is 9.53 Å². The molecule has 158 valence electrons. The summed E-state index contributed by atoms with van der Waals surface area (Å²) in [5.74, 6) is -4.70. The summed E-state index contributed by atoms with van der Waals surface area (Å²) in [4.78, 5) is 13.6. The number of nitrogens with zero attached hydrogens (tertiary/aromatic N) is 1. The monoisotopic (exact) mass is 421 g/mol. The number of fused-ring (bicyclic) bond motifs is 5. The number of Topliss-reactive ketones (excluding diaryl/α,β-unsaturated/α-hetero) is 1. The number of rotatable bonds is 2. The van der Waals surface area contributed by atoms with Crippen molar-refractivity contribution in [1.82, 2.24) is 0 Å². The Hall–Kier alpha value is -3.04. The van der Waals surface area contributed by atoms with E-state index in [0.717, 1.165) is 34.4 Å². The Morgan fingerprint density at radius 3 is 2.26 bits per heavy atom. The fourth-order valence-electron chi connectivity index (χ4n) is 5.98. The van der Waals surface area contributed by atoms with Gasteiger partial charge >= 0.3 is 0 Å².